The highest BCUT2D eigenvalue weighted by molar-refractivity contribution is 6.10. The molecule has 0 amide bonds. The van der Waals surface area contributed by atoms with Crippen molar-refractivity contribution in [3.05, 3.63) is 265 Å². The number of hydrogen-bond acceptors (Lipinski definition) is 2. The number of benzene rings is 10. The lowest BCUT2D eigenvalue weighted by Gasteiger charge is -2.31. The zero-order chi connectivity index (χ0) is 43.8. The van der Waals surface area contributed by atoms with Crippen molar-refractivity contribution in [2.24, 2.45) is 0 Å². The first-order chi connectivity index (χ1) is 32.7. The lowest BCUT2D eigenvalue weighted by molar-refractivity contribution is 1.22. The van der Waals surface area contributed by atoms with Crippen LogP contribution in [0.5, 0.6) is 0 Å². The molecule has 66 heavy (non-hydrogen) atoms. The Morgan fingerprint density at radius 1 is 0.318 bits per heavy atom. The largest absolute Gasteiger partial charge is 0.310 e. The molecule has 0 saturated heterocycles. The maximum Gasteiger partial charge on any atom is 0.0546 e. The molecule has 12 rings (SSSR count). The summed E-state index contributed by atoms with van der Waals surface area (Å²) in [5, 5.41) is 2.69. The summed E-state index contributed by atoms with van der Waals surface area (Å²) in [6, 6.07) is 86.1. The van der Waals surface area contributed by atoms with Crippen molar-refractivity contribution < 1.29 is 0 Å². The fraction of sp³-hybridized carbons (Fsp3) is 0.0312. The summed E-state index contributed by atoms with van der Waals surface area (Å²) in [6.07, 6.45) is 9.03. The van der Waals surface area contributed by atoms with E-state index in [1.54, 1.807) is 0 Å². The Labute approximate surface area is 387 Å². The van der Waals surface area contributed by atoms with Crippen LogP contribution in [0, 0.1) is 0 Å². The molecule has 0 saturated carbocycles. The lowest BCUT2D eigenvalue weighted by atomic mass is 9.81. The SMILES string of the molecule is C1=Cc2cc(N(c3ccccc3)c3ccc(-c4ccc(N(c5ccc(-c6ccccc6)cc5)c5cc(-c6ccccc6)cc(-c6ccccc6)c5)cc4)cc3)c3cccc4c3c2C(=CC4)C1. The number of anilines is 6. The van der Waals surface area contributed by atoms with E-state index in [4.69, 9.17) is 0 Å². The van der Waals surface area contributed by atoms with Crippen molar-refractivity contribution in [1.29, 1.82) is 0 Å². The van der Waals surface area contributed by atoms with Gasteiger partial charge < -0.3 is 9.80 Å². The van der Waals surface area contributed by atoms with Gasteiger partial charge >= 0.3 is 0 Å². The first-order valence-corrected chi connectivity index (χ1v) is 22.9. The van der Waals surface area contributed by atoms with Gasteiger partial charge in [0.15, 0.2) is 0 Å². The molecule has 2 aliphatic carbocycles. The predicted octanol–water partition coefficient (Wildman–Crippen LogP) is 17.8. The van der Waals surface area contributed by atoms with Crippen molar-refractivity contribution in [3.8, 4) is 44.5 Å². The Morgan fingerprint density at radius 3 is 1.30 bits per heavy atom. The minimum absolute atomic E-state index is 0.975. The Hall–Kier alpha value is -8.46. The second kappa shape index (κ2) is 16.9. The fourth-order valence-electron chi connectivity index (χ4n) is 10.0. The van der Waals surface area contributed by atoms with Gasteiger partial charge in [0.25, 0.3) is 0 Å². The van der Waals surface area contributed by atoms with E-state index < -0.39 is 0 Å². The molecule has 0 spiro atoms. The molecule has 0 aromatic heterocycles. The van der Waals surface area contributed by atoms with E-state index in [1.165, 1.54) is 77.7 Å². The Balaban J connectivity index is 0.937. The van der Waals surface area contributed by atoms with Crippen LogP contribution in [-0.2, 0) is 6.42 Å². The summed E-state index contributed by atoms with van der Waals surface area (Å²) in [5.74, 6) is 0. The highest BCUT2D eigenvalue weighted by Crippen LogP contribution is 2.48. The third-order valence-electron chi connectivity index (χ3n) is 13.2. The van der Waals surface area contributed by atoms with Gasteiger partial charge in [0, 0.05) is 33.8 Å². The molecule has 2 aliphatic rings. The Bertz CT molecular complexity index is 3350. The zero-order valence-corrected chi connectivity index (χ0v) is 36.6. The second-order valence-electron chi connectivity index (χ2n) is 17.3. The number of rotatable bonds is 10. The minimum atomic E-state index is 0.975. The molecule has 0 N–H and O–H groups in total. The molecule has 0 radical (unpaired) electrons. The third-order valence-corrected chi connectivity index (χ3v) is 13.2. The number of allylic oxidation sites excluding steroid dienone is 3. The number of hydrogen-bond donors (Lipinski definition) is 0. The molecule has 0 heterocycles. The molecule has 0 aliphatic heterocycles. The van der Waals surface area contributed by atoms with Crippen LogP contribution in [0.3, 0.4) is 0 Å². The average molecular weight is 843 g/mol. The van der Waals surface area contributed by atoms with Gasteiger partial charge in [0.2, 0.25) is 0 Å². The monoisotopic (exact) mass is 842 g/mol. The Kier molecular flexibility index (Phi) is 10.0. The maximum atomic E-state index is 2.43. The van der Waals surface area contributed by atoms with Gasteiger partial charge in [-0.2, -0.15) is 0 Å². The zero-order valence-electron chi connectivity index (χ0n) is 36.6. The molecular formula is C64H46N2. The highest BCUT2D eigenvalue weighted by Gasteiger charge is 2.25. The summed E-state index contributed by atoms with van der Waals surface area (Å²) in [4.78, 5) is 4.82. The first-order valence-electron chi connectivity index (χ1n) is 22.9. The van der Waals surface area contributed by atoms with Crippen LogP contribution >= 0.6 is 0 Å². The molecule has 0 fully saturated rings. The molecule has 0 unspecified atom stereocenters. The number of nitrogens with zero attached hydrogens (tertiary/aromatic N) is 2. The van der Waals surface area contributed by atoms with Gasteiger partial charge in [0.05, 0.1) is 5.69 Å². The van der Waals surface area contributed by atoms with Gasteiger partial charge in [-0.15, -0.1) is 0 Å². The van der Waals surface area contributed by atoms with Crippen LogP contribution in [0.15, 0.2) is 249 Å². The van der Waals surface area contributed by atoms with Crippen LogP contribution in [0.2, 0.25) is 0 Å². The average Bonchev–Trinajstić information content (AvgIpc) is 3.40. The molecule has 0 bridgehead atoms. The van der Waals surface area contributed by atoms with E-state index in [-0.39, 0.29) is 0 Å². The van der Waals surface area contributed by atoms with Crippen LogP contribution in [0.25, 0.3) is 66.9 Å². The van der Waals surface area contributed by atoms with Crippen molar-refractivity contribution >= 4 is 56.5 Å². The molecule has 2 nitrogen and oxygen atoms in total. The van der Waals surface area contributed by atoms with Gasteiger partial charge in [-0.05, 0) is 158 Å². The molecule has 312 valence electrons. The molecule has 10 aromatic rings. The van der Waals surface area contributed by atoms with Gasteiger partial charge in [-0.1, -0.05) is 182 Å². The summed E-state index contributed by atoms with van der Waals surface area (Å²) in [5.41, 5.74) is 21.7. The van der Waals surface area contributed by atoms with Gasteiger partial charge in [0.1, 0.15) is 0 Å². The normalized spacial score (nSPS) is 12.5. The summed E-state index contributed by atoms with van der Waals surface area (Å²) in [6.45, 7) is 0. The summed E-state index contributed by atoms with van der Waals surface area (Å²) >= 11 is 0. The van der Waals surface area contributed by atoms with Crippen molar-refractivity contribution in [2.45, 2.75) is 12.8 Å². The van der Waals surface area contributed by atoms with E-state index in [0.29, 0.717) is 0 Å². The van der Waals surface area contributed by atoms with Crippen LogP contribution < -0.4 is 9.80 Å². The first kappa shape index (κ1) is 39.2. The van der Waals surface area contributed by atoms with E-state index in [0.717, 1.165) is 46.8 Å². The van der Waals surface area contributed by atoms with Crippen LogP contribution in [0.4, 0.5) is 34.1 Å². The Morgan fingerprint density at radius 2 is 0.773 bits per heavy atom. The van der Waals surface area contributed by atoms with Gasteiger partial charge in [-0.25, -0.2) is 0 Å². The van der Waals surface area contributed by atoms with Crippen LogP contribution in [-0.4, -0.2) is 0 Å². The third kappa shape index (κ3) is 7.29. The van der Waals surface area contributed by atoms with Crippen molar-refractivity contribution in [2.75, 3.05) is 9.80 Å². The highest BCUT2D eigenvalue weighted by atomic mass is 15.1. The summed E-state index contributed by atoms with van der Waals surface area (Å²) in [7, 11) is 0. The van der Waals surface area contributed by atoms with E-state index in [1.807, 2.05) is 0 Å². The fourth-order valence-corrected chi connectivity index (χ4v) is 10.0. The van der Waals surface area contributed by atoms with Crippen molar-refractivity contribution in [3.63, 3.8) is 0 Å². The minimum Gasteiger partial charge on any atom is -0.310 e. The summed E-state index contributed by atoms with van der Waals surface area (Å²) < 4.78 is 0. The molecular weight excluding hydrogens is 797 g/mol. The van der Waals surface area contributed by atoms with Crippen LogP contribution in [0.1, 0.15) is 23.1 Å². The number of para-hydroxylation sites is 1. The second-order valence-corrected chi connectivity index (χ2v) is 17.3. The lowest BCUT2D eigenvalue weighted by Crippen LogP contribution is -2.13. The standard InChI is InChI=1S/C64H46N2/c1-5-15-45(16-6-1)48-29-35-57(36-30-48)65(60-42-54(46-17-7-2-8-18-46)41-55(43-60)47-19-9-3-10-20-47)58-37-31-49(32-38-58)50-33-39-59(40-34-50)66(56-24-11-4-12-25-56)62-44-53-23-13-21-51-27-28-52-22-14-26-61(62)64(52)63(51)53/h1-20,22-27,29-44H,21,28H2. The predicted molar refractivity (Wildman–Crippen MR) is 280 cm³/mol. The smallest absolute Gasteiger partial charge is 0.0546 e. The quantitative estimate of drug-likeness (QED) is 0.135. The molecule has 2 heteroatoms. The molecule has 10 aromatic carbocycles. The maximum absolute atomic E-state index is 2.43. The van der Waals surface area contributed by atoms with E-state index >= 15 is 0 Å². The molecule has 0 atom stereocenters. The van der Waals surface area contributed by atoms with Gasteiger partial charge in [-0.3, -0.25) is 0 Å². The van der Waals surface area contributed by atoms with E-state index in [9.17, 15) is 0 Å². The van der Waals surface area contributed by atoms with Crippen molar-refractivity contribution in [1.82, 2.24) is 0 Å². The topological polar surface area (TPSA) is 6.48 Å². The van der Waals surface area contributed by atoms with E-state index in [2.05, 4.69) is 265 Å².